The predicted molar refractivity (Wildman–Crippen MR) is 142 cm³/mol. The summed E-state index contributed by atoms with van der Waals surface area (Å²) in [6.07, 6.45) is 3.50. The highest BCUT2D eigenvalue weighted by atomic mass is 19.1. The van der Waals surface area contributed by atoms with Gasteiger partial charge in [-0.25, -0.2) is 4.39 Å². The number of aromatic nitrogens is 1. The largest absolute Gasteiger partial charge is 0.369 e. The van der Waals surface area contributed by atoms with Crippen LogP contribution in [0.15, 0.2) is 67.0 Å². The van der Waals surface area contributed by atoms with Crippen LogP contribution in [0.4, 0.5) is 15.8 Å². The molecule has 3 unspecified atom stereocenters. The van der Waals surface area contributed by atoms with Gasteiger partial charge in [0.25, 0.3) is 5.91 Å². The summed E-state index contributed by atoms with van der Waals surface area (Å²) < 4.78 is 14.8. The fraction of sp³-hybridized carbons (Fsp3) is 0.345. The van der Waals surface area contributed by atoms with E-state index in [0.717, 1.165) is 37.4 Å². The molecule has 2 aliphatic rings. The quantitative estimate of drug-likeness (QED) is 0.514. The van der Waals surface area contributed by atoms with Gasteiger partial charge in [-0.1, -0.05) is 19.1 Å². The van der Waals surface area contributed by atoms with E-state index in [1.54, 1.807) is 36.7 Å². The van der Waals surface area contributed by atoms with Crippen LogP contribution in [0.5, 0.6) is 0 Å². The Morgan fingerprint density at radius 2 is 1.81 bits per heavy atom. The second kappa shape index (κ2) is 10.7. The molecule has 2 amide bonds. The normalized spacial score (nSPS) is 21.4. The Labute approximate surface area is 216 Å². The Kier molecular flexibility index (Phi) is 7.19. The minimum atomic E-state index is -0.476. The van der Waals surface area contributed by atoms with Gasteiger partial charge in [-0.15, -0.1) is 0 Å². The average molecular weight is 502 g/mol. The molecule has 2 fully saturated rings. The number of likely N-dealkylation sites (N-methyl/N-ethyl adjacent to an activating group) is 1. The lowest BCUT2D eigenvalue weighted by atomic mass is 10.1. The molecule has 3 aromatic rings. The van der Waals surface area contributed by atoms with E-state index >= 15 is 0 Å². The van der Waals surface area contributed by atoms with Gasteiger partial charge in [-0.05, 0) is 61.0 Å². The molecule has 5 rings (SSSR count). The number of carbonyl (C=O) groups is 2. The van der Waals surface area contributed by atoms with E-state index in [1.807, 2.05) is 31.2 Å². The maximum Gasteiger partial charge on any atom is 0.251 e. The molecule has 2 aromatic carbocycles. The standard InChI is InChI=1S/C29H32FN5O2/c1-19-26(22-4-3-11-31-17-22)27(19)29(37)33-23-8-5-21(25(30)16-23)18-32-28(36)20-6-9-24(10-7-20)35-14-12-34(2)13-15-35/h3-11,16-17,19,26-27H,12-15,18H2,1-2H3,(H,32,36)(H,33,37). The van der Waals surface area contributed by atoms with E-state index in [9.17, 15) is 14.0 Å². The van der Waals surface area contributed by atoms with Gasteiger partial charge in [0.2, 0.25) is 5.91 Å². The third-order valence-corrected chi connectivity index (χ3v) is 7.51. The SMILES string of the molecule is CC1C(C(=O)Nc2ccc(CNC(=O)c3ccc(N4CCN(C)CC4)cc3)c(F)c2)C1c1cccnc1. The molecule has 192 valence electrons. The summed E-state index contributed by atoms with van der Waals surface area (Å²) in [7, 11) is 2.12. The molecule has 37 heavy (non-hydrogen) atoms. The Hall–Kier alpha value is -3.78. The number of pyridine rings is 1. The van der Waals surface area contributed by atoms with Crippen LogP contribution >= 0.6 is 0 Å². The van der Waals surface area contributed by atoms with E-state index in [2.05, 4.69) is 32.5 Å². The number of hydrogen-bond acceptors (Lipinski definition) is 5. The summed E-state index contributed by atoms with van der Waals surface area (Å²) in [6, 6.07) is 15.9. The number of nitrogens with one attached hydrogen (secondary N) is 2. The molecular formula is C29H32FN5O2. The number of hydrogen-bond donors (Lipinski definition) is 2. The van der Waals surface area contributed by atoms with Crippen LogP contribution in [-0.2, 0) is 11.3 Å². The lowest BCUT2D eigenvalue weighted by Crippen LogP contribution is -2.44. The second-order valence-electron chi connectivity index (χ2n) is 10.0. The van der Waals surface area contributed by atoms with Crippen LogP contribution in [0.1, 0.15) is 34.3 Å². The number of nitrogens with zero attached hydrogens (tertiary/aromatic N) is 3. The molecule has 2 N–H and O–H groups in total. The zero-order valence-corrected chi connectivity index (χ0v) is 21.2. The van der Waals surface area contributed by atoms with Gasteiger partial charge in [-0.2, -0.15) is 0 Å². The van der Waals surface area contributed by atoms with Crippen LogP contribution in [-0.4, -0.2) is 54.9 Å². The maximum absolute atomic E-state index is 14.8. The number of benzene rings is 2. The van der Waals surface area contributed by atoms with Gasteiger partial charge in [-0.3, -0.25) is 14.6 Å². The molecule has 2 heterocycles. The van der Waals surface area contributed by atoms with Gasteiger partial charge in [0, 0.05) is 79.5 Å². The first kappa shape index (κ1) is 24.9. The van der Waals surface area contributed by atoms with Gasteiger partial charge in [0.1, 0.15) is 5.82 Å². The molecule has 0 radical (unpaired) electrons. The summed E-state index contributed by atoms with van der Waals surface area (Å²) in [5.41, 5.74) is 3.43. The summed E-state index contributed by atoms with van der Waals surface area (Å²) in [6.45, 7) is 6.05. The number of amides is 2. The van der Waals surface area contributed by atoms with Crippen molar-refractivity contribution in [2.45, 2.75) is 19.4 Å². The van der Waals surface area contributed by atoms with Crippen molar-refractivity contribution in [3.63, 3.8) is 0 Å². The van der Waals surface area contributed by atoms with Crippen molar-refractivity contribution in [2.75, 3.05) is 43.4 Å². The number of piperazine rings is 1. The highest BCUT2D eigenvalue weighted by Gasteiger charge is 2.52. The number of halogens is 1. The van der Waals surface area contributed by atoms with E-state index in [0.29, 0.717) is 16.8 Å². The van der Waals surface area contributed by atoms with Crippen LogP contribution in [0.25, 0.3) is 0 Å². The zero-order chi connectivity index (χ0) is 25.9. The molecule has 1 saturated carbocycles. The van der Waals surface area contributed by atoms with Crippen LogP contribution in [0, 0.1) is 17.7 Å². The van der Waals surface area contributed by atoms with Crippen LogP contribution < -0.4 is 15.5 Å². The third-order valence-electron chi connectivity index (χ3n) is 7.51. The van der Waals surface area contributed by atoms with Gasteiger partial charge < -0.3 is 20.4 Å². The Balaban J connectivity index is 1.13. The fourth-order valence-corrected chi connectivity index (χ4v) is 5.11. The molecule has 1 aliphatic carbocycles. The Morgan fingerprint density at radius 1 is 1.05 bits per heavy atom. The van der Waals surface area contributed by atoms with Crippen LogP contribution in [0.2, 0.25) is 0 Å². The van der Waals surface area contributed by atoms with Crippen molar-refractivity contribution in [3.8, 4) is 0 Å². The summed E-state index contributed by atoms with van der Waals surface area (Å²) in [4.78, 5) is 34.1. The predicted octanol–water partition coefficient (Wildman–Crippen LogP) is 3.89. The third kappa shape index (κ3) is 5.64. The molecule has 8 heteroatoms. The van der Waals surface area contributed by atoms with E-state index in [-0.39, 0.29) is 36.1 Å². The molecule has 3 atom stereocenters. The molecule has 1 aromatic heterocycles. The first-order valence-corrected chi connectivity index (χ1v) is 12.7. The average Bonchev–Trinajstić information content (AvgIpc) is 3.60. The highest BCUT2D eigenvalue weighted by Crippen LogP contribution is 2.53. The monoisotopic (exact) mass is 501 g/mol. The van der Waals surface area contributed by atoms with Crippen LogP contribution in [0.3, 0.4) is 0 Å². The Bertz CT molecular complexity index is 1260. The lowest BCUT2D eigenvalue weighted by Gasteiger charge is -2.34. The van der Waals surface area contributed by atoms with Crippen molar-refractivity contribution in [2.24, 2.45) is 11.8 Å². The van der Waals surface area contributed by atoms with Gasteiger partial charge in [0.15, 0.2) is 0 Å². The van der Waals surface area contributed by atoms with Crippen molar-refractivity contribution in [1.29, 1.82) is 0 Å². The second-order valence-corrected chi connectivity index (χ2v) is 10.0. The fourth-order valence-electron chi connectivity index (χ4n) is 5.11. The summed E-state index contributed by atoms with van der Waals surface area (Å²) in [5.74, 6) is -0.680. The molecule has 1 saturated heterocycles. The van der Waals surface area contributed by atoms with E-state index in [1.165, 1.54) is 6.07 Å². The van der Waals surface area contributed by atoms with Crippen molar-refractivity contribution >= 4 is 23.2 Å². The van der Waals surface area contributed by atoms with Gasteiger partial charge >= 0.3 is 0 Å². The highest BCUT2D eigenvalue weighted by molar-refractivity contribution is 5.96. The summed E-state index contributed by atoms with van der Waals surface area (Å²) in [5, 5.41) is 5.62. The maximum atomic E-state index is 14.8. The van der Waals surface area contributed by atoms with Crippen molar-refractivity contribution < 1.29 is 14.0 Å². The summed E-state index contributed by atoms with van der Waals surface area (Å²) >= 11 is 0. The smallest absolute Gasteiger partial charge is 0.251 e. The zero-order valence-electron chi connectivity index (χ0n) is 21.2. The molecule has 7 nitrogen and oxygen atoms in total. The minimum Gasteiger partial charge on any atom is -0.369 e. The van der Waals surface area contributed by atoms with E-state index in [4.69, 9.17) is 0 Å². The van der Waals surface area contributed by atoms with E-state index < -0.39 is 5.82 Å². The first-order chi connectivity index (χ1) is 17.9. The molecule has 0 bridgehead atoms. The first-order valence-electron chi connectivity index (χ1n) is 12.7. The number of anilines is 2. The molecule has 1 aliphatic heterocycles. The number of carbonyl (C=O) groups excluding carboxylic acids is 2. The molecular weight excluding hydrogens is 469 g/mol. The minimum absolute atomic E-state index is 0.0574. The van der Waals surface area contributed by atoms with Crippen molar-refractivity contribution in [3.05, 3.63) is 89.5 Å². The molecule has 0 spiro atoms. The Morgan fingerprint density at radius 3 is 2.49 bits per heavy atom. The topological polar surface area (TPSA) is 77.6 Å². The van der Waals surface area contributed by atoms with Gasteiger partial charge in [0.05, 0.1) is 0 Å². The number of rotatable bonds is 7. The lowest BCUT2D eigenvalue weighted by molar-refractivity contribution is -0.117. The van der Waals surface area contributed by atoms with Crippen molar-refractivity contribution in [1.82, 2.24) is 15.2 Å².